The molecule has 0 saturated carbocycles. The fourth-order valence-electron chi connectivity index (χ4n) is 1.51. The number of methoxy groups -OCH3 is 2. The molecule has 0 heterocycles. The Labute approximate surface area is 115 Å². The highest BCUT2D eigenvalue weighted by Gasteiger charge is 2.23. The summed E-state index contributed by atoms with van der Waals surface area (Å²) in [6.45, 7) is 4.12. The number of carbonyl (C=O) groups is 1. The molecule has 4 nitrogen and oxygen atoms in total. The van der Waals surface area contributed by atoms with Gasteiger partial charge >= 0.3 is 5.97 Å². The van der Waals surface area contributed by atoms with Crippen LogP contribution in [0.25, 0.3) is 0 Å². The summed E-state index contributed by atoms with van der Waals surface area (Å²) in [7, 11) is 2.94. The van der Waals surface area contributed by atoms with E-state index in [1.165, 1.54) is 7.11 Å². The van der Waals surface area contributed by atoms with Crippen molar-refractivity contribution in [2.75, 3.05) is 20.8 Å². The molecule has 98 valence electrons. The van der Waals surface area contributed by atoms with Crippen LogP contribution in [0.2, 0.25) is 0 Å². The van der Waals surface area contributed by atoms with Gasteiger partial charge in [-0.15, -0.1) is 6.58 Å². The van der Waals surface area contributed by atoms with E-state index in [4.69, 9.17) is 9.47 Å². The SMILES string of the molecule is C=CCNC(C(=O)OC)c1cc(OC)ccc1Br. The van der Waals surface area contributed by atoms with Crippen LogP contribution in [0.5, 0.6) is 5.75 Å². The molecule has 1 atom stereocenters. The van der Waals surface area contributed by atoms with Crippen LogP contribution < -0.4 is 10.1 Å². The Morgan fingerprint density at radius 2 is 2.28 bits per heavy atom. The zero-order chi connectivity index (χ0) is 13.5. The Hall–Kier alpha value is -1.33. The van der Waals surface area contributed by atoms with Gasteiger partial charge in [0.15, 0.2) is 0 Å². The summed E-state index contributed by atoms with van der Waals surface area (Å²) in [4.78, 5) is 11.8. The Kier molecular flexibility index (Phi) is 5.88. The van der Waals surface area contributed by atoms with Crippen molar-refractivity contribution in [3.05, 3.63) is 40.9 Å². The van der Waals surface area contributed by atoms with E-state index < -0.39 is 6.04 Å². The second-order valence-electron chi connectivity index (χ2n) is 3.54. The molecule has 1 rings (SSSR count). The first kappa shape index (κ1) is 14.7. The fourth-order valence-corrected chi connectivity index (χ4v) is 1.98. The number of nitrogens with one attached hydrogen (secondary N) is 1. The van der Waals surface area contributed by atoms with Crippen LogP contribution in [0.4, 0.5) is 0 Å². The molecule has 0 aromatic heterocycles. The van der Waals surface area contributed by atoms with Gasteiger partial charge in [0.1, 0.15) is 11.8 Å². The van der Waals surface area contributed by atoms with Crippen LogP contribution in [0.1, 0.15) is 11.6 Å². The van der Waals surface area contributed by atoms with E-state index in [-0.39, 0.29) is 5.97 Å². The van der Waals surface area contributed by atoms with Crippen LogP contribution in [0.15, 0.2) is 35.3 Å². The molecular formula is C13H16BrNO3. The van der Waals surface area contributed by atoms with Gasteiger partial charge in [-0.1, -0.05) is 22.0 Å². The van der Waals surface area contributed by atoms with E-state index in [1.807, 2.05) is 12.1 Å². The van der Waals surface area contributed by atoms with E-state index in [2.05, 4.69) is 27.8 Å². The third-order valence-electron chi connectivity index (χ3n) is 2.42. The Balaban J connectivity index is 3.10. The van der Waals surface area contributed by atoms with Gasteiger partial charge in [-0.3, -0.25) is 5.32 Å². The Bertz CT molecular complexity index is 434. The minimum absolute atomic E-state index is 0.356. The molecule has 0 aliphatic carbocycles. The second-order valence-corrected chi connectivity index (χ2v) is 4.39. The maximum absolute atomic E-state index is 11.8. The van der Waals surface area contributed by atoms with Gasteiger partial charge in [0.25, 0.3) is 0 Å². The van der Waals surface area contributed by atoms with Crippen molar-refractivity contribution in [1.82, 2.24) is 5.32 Å². The highest BCUT2D eigenvalue weighted by atomic mass is 79.9. The van der Waals surface area contributed by atoms with Gasteiger partial charge in [-0.2, -0.15) is 0 Å². The smallest absolute Gasteiger partial charge is 0.327 e. The maximum Gasteiger partial charge on any atom is 0.327 e. The first-order valence-electron chi connectivity index (χ1n) is 5.39. The lowest BCUT2D eigenvalue weighted by molar-refractivity contribution is -0.143. The molecule has 0 radical (unpaired) electrons. The molecule has 18 heavy (non-hydrogen) atoms. The van der Waals surface area contributed by atoms with Crippen LogP contribution >= 0.6 is 15.9 Å². The molecule has 1 aromatic rings. The normalized spacial score (nSPS) is 11.7. The average molecular weight is 314 g/mol. The molecule has 0 saturated heterocycles. The summed E-state index contributed by atoms with van der Waals surface area (Å²) in [5.74, 6) is 0.327. The fraction of sp³-hybridized carbons (Fsp3) is 0.308. The molecule has 5 heteroatoms. The van der Waals surface area contributed by atoms with Crippen molar-refractivity contribution >= 4 is 21.9 Å². The lowest BCUT2D eigenvalue weighted by Gasteiger charge is -2.18. The molecule has 1 aromatic carbocycles. The lowest BCUT2D eigenvalue weighted by atomic mass is 10.1. The molecule has 1 unspecified atom stereocenters. The van der Waals surface area contributed by atoms with Crippen LogP contribution in [0, 0.1) is 0 Å². The number of rotatable bonds is 6. The molecule has 0 fully saturated rings. The minimum atomic E-state index is -0.558. The van der Waals surface area contributed by atoms with Gasteiger partial charge < -0.3 is 9.47 Å². The van der Waals surface area contributed by atoms with E-state index in [0.717, 1.165) is 10.0 Å². The van der Waals surface area contributed by atoms with E-state index >= 15 is 0 Å². The maximum atomic E-state index is 11.8. The number of esters is 1. The molecule has 0 spiro atoms. The van der Waals surface area contributed by atoms with Crippen molar-refractivity contribution in [3.63, 3.8) is 0 Å². The van der Waals surface area contributed by atoms with Crippen molar-refractivity contribution in [1.29, 1.82) is 0 Å². The van der Waals surface area contributed by atoms with Crippen LogP contribution in [-0.4, -0.2) is 26.7 Å². The largest absolute Gasteiger partial charge is 0.497 e. The van der Waals surface area contributed by atoms with Crippen LogP contribution in [-0.2, 0) is 9.53 Å². The van der Waals surface area contributed by atoms with E-state index in [9.17, 15) is 4.79 Å². The van der Waals surface area contributed by atoms with Crippen molar-refractivity contribution in [3.8, 4) is 5.75 Å². The highest BCUT2D eigenvalue weighted by molar-refractivity contribution is 9.10. The zero-order valence-electron chi connectivity index (χ0n) is 10.4. The monoisotopic (exact) mass is 313 g/mol. The average Bonchev–Trinajstić information content (AvgIpc) is 2.40. The van der Waals surface area contributed by atoms with Crippen molar-refractivity contribution in [2.45, 2.75) is 6.04 Å². The molecule has 0 aliphatic heterocycles. The van der Waals surface area contributed by atoms with E-state index in [1.54, 1.807) is 19.3 Å². The van der Waals surface area contributed by atoms with Gasteiger partial charge in [0.05, 0.1) is 14.2 Å². The highest BCUT2D eigenvalue weighted by Crippen LogP contribution is 2.28. The quantitative estimate of drug-likeness (QED) is 0.647. The number of carbonyl (C=O) groups excluding carboxylic acids is 1. The van der Waals surface area contributed by atoms with Gasteiger partial charge in [0.2, 0.25) is 0 Å². The van der Waals surface area contributed by atoms with Crippen molar-refractivity contribution < 1.29 is 14.3 Å². The van der Waals surface area contributed by atoms with Gasteiger partial charge in [-0.25, -0.2) is 4.79 Å². The topological polar surface area (TPSA) is 47.6 Å². The standard InChI is InChI=1S/C13H16BrNO3/c1-4-7-15-12(13(16)18-3)10-8-9(17-2)5-6-11(10)14/h4-6,8,12,15H,1,7H2,2-3H3. The number of ether oxygens (including phenoxy) is 2. The van der Waals surface area contributed by atoms with Crippen molar-refractivity contribution in [2.24, 2.45) is 0 Å². The summed E-state index contributed by atoms with van der Waals surface area (Å²) < 4.78 is 10.8. The zero-order valence-corrected chi connectivity index (χ0v) is 12.0. The second kappa shape index (κ2) is 7.18. The molecular weight excluding hydrogens is 298 g/mol. The Morgan fingerprint density at radius 3 is 2.83 bits per heavy atom. The molecule has 0 aliphatic rings. The predicted octanol–water partition coefficient (Wildman–Crippen LogP) is 2.45. The van der Waals surface area contributed by atoms with Gasteiger partial charge in [-0.05, 0) is 23.8 Å². The summed E-state index contributed by atoms with van der Waals surface area (Å²) in [6, 6.07) is 4.88. The summed E-state index contributed by atoms with van der Waals surface area (Å²) >= 11 is 3.42. The Morgan fingerprint density at radius 1 is 1.56 bits per heavy atom. The lowest BCUT2D eigenvalue weighted by Crippen LogP contribution is -2.30. The number of benzene rings is 1. The summed E-state index contributed by atoms with van der Waals surface area (Å²) in [5.41, 5.74) is 0.767. The number of hydrogen-bond acceptors (Lipinski definition) is 4. The predicted molar refractivity (Wildman–Crippen MR) is 73.7 cm³/mol. The number of hydrogen-bond donors (Lipinski definition) is 1. The third-order valence-corrected chi connectivity index (χ3v) is 3.14. The first-order chi connectivity index (χ1) is 8.63. The third kappa shape index (κ3) is 3.58. The van der Waals surface area contributed by atoms with Crippen LogP contribution in [0.3, 0.4) is 0 Å². The van der Waals surface area contributed by atoms with Gasteiger partial charge in [0, 0.05) is 11.0 Å². The summed E-state index contributed by atoms with van der Waals surface area (Å²) in [5, 5.41) is 3.05. The molecule has 0 bridgehead atoms. The molecule has 0 amide bonds. The minimum Gasteiger partial charge on any atom is -0.497 e. The summed E-state index contributed by atoms with van der Waals surface area (Å²) in [6.07, 6.45) is 1.68. The molecule has 1 N–H and O–H groups in total. The number of halogens is 1. The van der Waals surface area contributed by atoms with E-state index in [0.29, 0.717) is 12.3 Å². The first-order valence-corrected chi connectivity index (χ1v) is 6.18.